The van der Waals surface area contributed by atoms with Gasteiger partial charge in [-0.3, -0.25) is 4.79 Å². The molecular weight excluding hydrogens is 274 g/mol. The summed E-state index contributed by atoms with van der Waals surface area (Å²) in [5, 5.41) is 11.4. The fourth-order valence-electron chi connectivity index (χ4n) is 3.69. The number of amides is 1. The summed E-state index contributed by atoms with van der Waals surface area (Å²) in [6, 6.07) is 3.40. The van der Waals surface area contributed by atoms with Crippen LogP contribution in [0.2, 0.25) is 0 Å². The van der Waals surface area contributed by atoms with E-state index in [0.717, 1.165) is 24.1 Å². The summed E-state index contributed by atoms with van der Waals surface area (Å²) in [5.74, 6) is -0.481. The predicted molar refractivity (Wildman–Crippen MR) is 76.7 cm³/mol. The Hall–Kier alpha value is -1.36. The molecule has 1 aliphatic heterocycles. The van der Waals surface area contributed by atoms with E-state index in [1.54, 1.807) is 16.2 Å². The fraction of sp³-hybridized carbons (Fsp3) is 0.600. The topological polar surface area (TPSA) is 57.6 Å². The third kappa shape index (κ3) is 2.46. The number of carbonyl (C=O) groups excluding carboxylic acids is 1. The van der Waals surface area contributed by atoms with Gasteiger partial charge in [-0.15, -0.1) is 11.3 Å². The molecule has 3 atom stereocenters. The van der Waals surface area contributed by atoms with Gasteiger partial charge in [-0.05, 0) is 36.6 Å². The highest BCUT2D eigenvalue weighted by molar-refractivity contribution is 7.10. The van der Waals surface area contributed by atoms with E-state index in [-0.39, 0.29) is 11.9 Å². The van der Waals surface area contributed by atoms with E-state index in [1.165, 1.54) is 6.42 Å². The molecule has 1 saturated carbocycles. The number of rotatable bonds is 3. The zero-order valence-corrected chi connectivity index (χ0v) is 12.1. The average Bonchev–Trinajstić information content (AvgIpc) is 3.04. The molecule has 1 amide bonds. The summed E-state index contributed by atoms with van der Waals surface area (Å²) in [6.07, 6.45) is 5.28. The third-order valence-corrected chi connectivity index (χ3v) is 5.44. The largest absolute Gasteiger partial charge is 0.480 e. The van der Waals surface area contributed by atoms with Gasteiger partial charge in [0.2, 0.25) is 5.91 Å². The maximum absolute atomic E-state index is 12.6. The molecule has 1 aromatic heterocycles. The number of carbonyl (C=O) groups is 2. The summed E-state index contributed by atoms with van der Waals surface area (Å²) >= 11 is 1.55. The molecule has 2 fully saturated rings. The van der Waals surface area contributed by atoms with Gasteiger partial charge < -0.3 is 10.0 Å². The van der Waals surface area contributed by atoms with Crippen molar-refractivity contribution in [3.63, 3.8) is 0 Å². The van der Waals surface area contributed by atoms with Gasteiger partial charge in [0.25, 0.3) is 0 Å². The standard InChI is InChI=1S/C15H19NO3S/c17-14(9-11-5-3-7-20-11)16-12-6-2-1-4-10(12)8-13(16)15(18)19/h3,5,7,10,12-13H,1-2,4,6,8-9H2,(H,18,19)/t10-,12+,13-/m0/s1. The molecule has 0 spiro atoms. The number of hydrogen-bond donors (Lipinski definition) is 1. The molecule has 4 nitrogen and oxygen atoms in total. The normalized spacial score (nSPS) is 29.2. The minimum absolute atomic E-state index is 0.0192. The number of carboxylic acids is 1. The quantitative estimate of drug-likeness (QED) is 0.931. The van der Waals surface area contributed by atoms with Crippen molar-refractivity contribution < 1.29 is 14.7 Å². The van der Waals surface area contributed by atoms with Crippen LogP contribution in [-0.4, -0.2) is 34.0 Å². The molecule has 0 bridgehead atoms. The second-order valence-electron chi connectivity index (χ2n) is 5.76. The van der Waals surface area contributed by atoms with E-state index in [4.69, 9.17) is 0 Å². The average molecular weight is 293 g/mol. The van der Waals surface area contributed by atoms with Crippen LogP contribution in [0.15, 0.2) is 17.5 Å². The Morgan fingerprint density at radius 3 is 2.85 bits per heavy atom. The van der Waals surface area contributed by atoms with Crippen LogP contribution in [0.4, 0.5) is 0 Å². The lowest BCUT2D eigenvalue weighted by Crippen LogP contribution is -2.46. The number of aliphatic carboxylic acids is 1. The second kappa shape index (κ2) is 5.56. The molecule has 0 unspecified atom stereocenters. The van der Waals surface area contributed by atoms with Crippen LogP contribution in [-0.2, 0) is 16.0 Å². The van der Waals surface area contributed by atoms with Crippen LogP contribution in [0.25, 0.3) is 0 Å². The van der Waals surface area contributed by atoms with Crippen molar-refractivity contribution in [2.45, 2.75) is 50.6 Å². The van der Waals surface area contributed by atoms with Crippen molar-refractivity contribution in [1.29, 1.82) is 0 Å². The molecule has 3 rings (SSSR count). The Balaban J connectivity index is 1.79. The van der Waals surface area contributed by atoms with Crippen LogP contribution < -0.4 is 0 Å². The first-order chi connectivity index (χ1) is 9.66. The van der Waals surface area contributed by atoms with Crippen molar-refractivity contribution in [2.75, 3.05) is 0 Å². The number of fused-ring (bicyclic) bond motifs is 1. The highest BCUT2D eigenvalue weighted by Gasteiger charge is 2.47. The number of likely N-dealkylation sites (tertiary alicyclic amines) is 1. The number of carboxylic acid groups (broad SMARTS) is 1. The number of thiophene rings is 1. The Labute approximate surface area is 122 Å². The van der Waals surface area contributed by atoms with Crippen LogP contribution in [0.5, 0.6) is 0 Å². The number of nitrogens with zero attached hydrogens (tertiary/aromatic N) is 1. The van der Waals surface area contributed by atoms with Crippen molar-refractivity contribution in [2.24, 2.45) is 5.92 Å². The Morgan fingerprint density at radius 1 is 1.35 bits per heavy atom. The van der Waals surface area contributed by atoms with E-state index < -0.39 is 12.0 Å². The van der Waals surface area contributed by atoms with Gasteiger partial charge in [-0.2, -0.15) is 0 Å². The van der Waals surface area contributed by atoms with Gasteiger partial charge in [0.05, 0.1) is 6.42 Å². The molecule has 1 aliphatic carbocycles. The molecule has 0 radical (unpaired) electrons. The van der Waals surface area contributed by atoms with Gasteiger partial charge in [-0.1, -0.05) is 18.9 Å². The maximum atomic E-state index is 12.6. The monoisotopic (exact) mass is 293 g/mol. The fourth-order valence-corrected chi connectivity index (χ4v) is 4.39. The Kier molecular flexibility index (Phi) is 3.78. The smallest absolute Gasteiger partial charge is 0.326 e. The lowest BCUT2D eigenvalue weighted by Gasteiger charge is -2.33. The molecule has 1 aromatic rings. The highest BCUT2D eigenvalue weighted by Crippen LogP contribution is 2.40. The molecule has 20 heavy (non-hydrogen) atoms. The highest BCUT2D eigenvalue weighted by atomic mass is 32.1. The van der Waals surface area contributed by atoms with Crippen molar-refractivity contribution in [3.05, 3.63) is 22.4 Å². The lowest BCUT2D eigenvalue weighted by atomic mass is 9.84. The van der Waals surface area contributed by atoms with Crippen molar-refractivity contribution in [3.8, 4) is 0 Å². The minimum atomic E-state index is -0.848. The molecule has 5 heteroatoms. The Morgan fingerprint density at radius 2 is 2.15 bits per heavy atom. The summed E-state index contributed by atoms with van der Waals surface area (Å²) in [6.45, 7) is 0. The minimum Gasteiger partial charge on any atom is -0.480 e. The van der Waals surface area contributed by atoms with Crippen LogP contribution in [0.1, 0.15) is 37.0 Å². The van der Waals surface area contributed by atoms with Crippen molar-refractivity contribution >= 4 is 23.2 Å². The van der Waals surface area contributed by atoms with E-state index in [2.05, 4.69) is 0 Å². The van der Waals surface area contributed by atoms with Gasteiger partial charge >= 0.3 is 5.97 Å². The Bertz CT molecular complexity index is 499. The van der Waals surface area contributed by atoms with Gasteiger partial charge in [0.1, 0.15) is 6.04 Å². The first-order valence-corrected chi connectivity index (χ1v) is 8.11. The summed E-state index contributed by atoms with van der Waals surface area (Å²) < 4.78 is 0. The molecular formula is C15H19NO3S. The lowest BCUT2D eigenvalue weighted by molar-refractivity contribution is -0.149. The molecule has 108 valence electrons. The van der Waals surface area contributed by atoms with Crippen LogP contribution in [0, 0.1) is 5.92 Å². The molecule has 2 heterocycles. The van der Waals surface area contributed by atoms with Gasteiger partial charge in [0.15, 0.2) is 0 Å². The zero-order chi connectivity index (χ0) is 14.1. The SMILES string of the molecule is O=C(O)[C@@H]1C[C@@H]2CCCC[C@H]2N1C(=O)Cc1cccs1. The van der Waals surface area contributed by atoms with Crippen molar-refractivity contribution in [1.82, 2.24) is 4.90 Å². The summed E-state index contributed by atoms with van der Waals surface area (Å²) in [7, 11) is 0. The predicted octanol–water partition coefficient (Wildman–Crippen LogP) is 2.53. The van der Waals surface area contributed by atoms with Crippen LogP contribution in [0.3, 0.4) is 0 Å². The first-order valence-electron chi connectivity index (χ1n) is 7.23. The number of hydrogen-bond acceptors (Lipinski definition) is 3. The third-order valence-electron chi connectivity index (χ3n) is 4.57. The molecule has 1 saturated heterocycles. The van der Waals surface area contributed by atoms with E-state index in [9.17, 15) is 14.7 Å². The molecule has 2 aliphatic rings. The molecule has 0 aromatic carbocycles. The first kappa shape index (κ1) is 13.6. The van der Waals surface area contributed by atoms with E-state index >= 15 is 0 Å². The van der Waals surface area contributed by atoms with E-state index in [1.807, 2.05) is 17.5 Å². The zero-order valence-electron chi connectivity index (χ0n) is 11.3. The summed E-state index contributed by atoms with van der Waals surface area (Å²) in [5.41, 5.74) is 0. The second-order valence-corrected chi connectivity index (χ2v) is 6.79. The summed E-state index contributed by atoms with van der Waals surface area (Å²) in [4.78, 5) is 26.7. The van der Waals surface area contributed by atoms with Crippen LogP contribution >= 0.6 is 11.3 Å². The van der Waals surface area contributed by atoms with Gasteiger partial charge in [-0.25, -0.2) is 4.79 Å². The molecule has 1 N–H and O–H groups in total. The maximum Gasteiger partial charge on any atom is 0.326 e. The van der Waals surface area contributed by atoms with E-state index in [0.29, 0.717) is 18.8 Å². The van der Waals surface area contributed by atoms with Gasteiger partial charge in [0, 0.05) is 10.9 Å².